The summed E-state index contributed by atoms with van der Waals surface area (Å²) >= 11 is 6.28. The van der Waals surface area contributed by atoms with E-state index >= 15 is 0 Å². The van der Waals surface area contributed by atoms with Gasteiger partial charge in [0, 0.05) is 10.7 Å². The van der Waals surface area contributed by atoms with E-state index in [0.717, 1.165) is 41.3 Å². The van der Waals surface area contributed by atoms with Crippen molar-refractivity contribution in [2.24, 2.45) is 5.10 Å². The second-order valence-corrected chi connectivity index (χ2v) is 11.4. The number of hydrogen-bond donors (Lipinski definition) is 1. The first-order chi connectivity index (χ1) is 16.9. The van der Waals surface area contributed by atoms with Crippen LogP contribution in [0.15, 0.2) is 58.5 Å². The molecule has 1 N–H and O–H groups in total. The molecule has 3 rings (SSSR count). The maximum Gasteiger partial charge on any atom is 0.264 e. The van der Waals surface area contributed by atoms with Gasteiger partial charge in [-0.3, -0.25) is 9.10 Å². The Morgan fingerprint density at radius 3 is 2.06 bits per heavy atom. The molecule has 0 aromatic heterocycles. The zero-order valence-electron chi connectivity index (χ0n) is 20.5. The van der Waals surface area contributed by atoms with Crippen LogP contribution in [-0.4, -0.2) is 26.6 Å². The Balaban J connectivity index is 1.77. The van der Waals surface area contributed by atoms with Crippen molar-refractivity contribution in [3.63, 3.8) is 0 Å². The number of carbonyl (C=O) groups is 1. The van der Waals surface area contributed by atoms with Gasteiger partial charge in [-0.05, 0) is 62.4 Å². The molecule has 0 aliphatic heterocycles. The van der Waals surface area contributed by atoms with Gasteiger partial charge < -0.3 is 0 Å². The second kappa shape index (κ2) is 13.6. The summed E-state index contributed by atoms with van der Waals surface area (Å²) in [6.45, 7) is 1.45. The Hall–Kier alpha value is -2.38. The van der Waals surface area contributed by atoms with E-state index in [1.807, 2.05) is 6.92 Å². The molecule has 35 heavy (non-hydrogen) atoms. The molecule has 6 nitrogen and oxygen atoms in total. The molecule has 0 radical (unpaired) electrons. The van der Waals surface area contributed by atoms with Crippen LogP contribution in [0.5, 0.6) is 0 Å². The normalized spacial score (nSPS) is 16.0. The maximum atomic E-state index is 13.5. The molecule has 1 saturated carbocycles. The van der Waals surface area contributed by atoms with Gasteiger partial charge in [-0.25, -0.2) is 13.8 Å². The maximum absolute atomic E-state index is 13.5. The van der Waals surface area contributed by atoms with E-state index < -0.39 is 22.5 Å². The molecule has 0 atom stereocenters. The first-order valence-electron chi connectivity index (χ1n) is 12.6. The Morgan fingerprint density at radius 1 is 0.914 bits per heavy atom. The van der Waals surface area contributed by atoms with Crippen molar-refractivity contribution in [2.75, 3.05) is 10.8 Å². The van der Waals surface area contributed by atoms with Gasteiger partial charge in [0.05, 0.1) is 10.6 Å². The average Bonchev–Trinajstić information content (AvgIpc) is 2.84. The van der Waals surface area contributed by atoms with Crippen molar-refractivity contribution in [1.82, 2.24) is 5.43 Å². The van der Waals surface area contributed by atoms with Crippen LogP contribution in [0.3, 0.4) is 0 Å². The molecular formula is C27H36ClN3O3S. The number of anilines is 1. The molecule has 1 aliphatic carbocycles. The van der Waals surface area contributed by atoms with E-state index in [-0.39, 0.29) is 4.90 Å². The third-order valence-electron chi connectivity index (χ3n) is 6.33. The fourth-order valence-corrected chi connectivity index (χ4v) is 5.82. The minimum atomic E-state index is -3.98. The molecule has 0 bridgehead atoms. The molecule has 0 saturated heterocycles. The molecular weight excluding hydrogens is 482 g/mol. The minimum Gasteiger partial charge on any atom is -0.271 e. The zero-order valence-corrected chi connectivity index (χ0v) is 22.1. The first kappa shape index (κ1) is 27.2. The SMILES string of the molecule is Cc1ccc(N(CC(=O)NN=C2CCCCCCCCCCC2)S(=O)(=O)c2ccccc2)cc1Cl. The smallest absolute Gasteiger partial charge is 0.264 e. The van der Waals surface area contributed by atoms with Crippen LogP contribution >= 0.6 is 11.6 Å². The van der Waals surface area contributed by atoms with E-state index in [1.165, 1.54) is 57.1 Å². The van der Waals surface area contributed by atoms with E-state index in [2.05, 4.69) is 10.5 Å². The highest BCUT2D eigenvalue weighted by molar-refractivity contribution is 7.92. The number of sulfonamides is 1. The molecule has 190 valence electrons. The van der Waals surface area contributed by atoms with Crippen LogP contribution in [-0.2, 0) is 14.8 Å². The molecule has 8 heteroatoms. The predicted octanol–water partition coefficient (Wildman–Crippen LogP) is 6.62. The van der Waals surface area contributed by atoms with Crippen LogP contribution in [0.4, 0.5) is 5.69 Å². The lowest BCUT2D eigenvalue weighted by molar-refractivity contribution is -0.119. The summed E-state index contributed by atoms with van der Waals surface area (Å²) in [4.78, 5) is 13.0. The van der Waals surface area contributed by atoms with E-state index in [1.54, 1.807) is 36.4 Å². The van der Waals surface area contributed by atoms with E-state index in [0.29, 0.717) is 10.7 Å². The van der Waals surface area contributed by atoms with Gasteiger partial charge in [0.2, 0.25) is 0 Å². The van der Waals surface area contributed by atoms with Gasteiger partial charge in [-0.15, -0.1) is 0 Å². The van der Waals surface area contributed by atoms with Crippen LogP contribution in [0.2, 0.25) is 5.02 Å². The number of carbonyl (C=O) groups excluding carboxylic acids is 1. The Morgan fingerprint density at radius 2 is 1.49 bits per heavy atom. The van der Waals surface area contributed by atoms with Gasteiger partial charge in [-0.1, -0.05) is 80.8 Å². The number of aryl methyl sites for hydroxylation is 1. The summed E-state index contributed by atoms with van der Waals surface area (Å²) in [5, 5.41) is 4.85. The molecule has 0 spiro atoms. The van der Waals surface area contributed by atoms with Crippen LogP contribution in [0, 0.1) is 6.92 Å². The predicted molar refractivity (Wildman–Crippen MR) is 144 cm³/mol. The van der Waals surface area contributed by atoms with Gasteiger partial charge in [0.1, 0.15) is 6.54 Å². The number of hydrogen-bond acceptors (Lipinski definition) is 4. The second-order valence-electron chi connectivity index (χ2n) is 9.15. The molecule has 0 heterocycles. The first-order valence-corrected chi connectivity index (χ1v) is 14.4. The van der Waals surface area contributed by atoms with Crippen molar-refractivity contribution in [3.8, 4) is 0 Å². The third kappa shape index (κ3) is 8.36. The summed E-state index contributed by atoms with van der Waals surface area (Å²) < 4.78 is 28.0. The van der Waals surface area contributed by atoms with Crippen molar-refractivity contribution < 1.29 is 13.2 Å². The number of hydrazone groups is 1. The van der Waals surface area contributed by atoms with Gasteiger partial charge in [0.15, 0.2) is 0 Å². The average molecular weight is 518 g/mol. The highest BCUT2D eigenvalue weighted by atomic mass is 35.5. The highest BCUT2D eigenvalue weighted by Crippen LogP contribution is 2.28. The molecule has 1 fully saturated rings. The topological polar surface area (TPSA) is 78.8 Å². The van der Waals surface area contributed by atoms with Gasteiger partial charge in [0.25, 0.3) is 15.9 Å². The number of rotatable bonds is 6. The summed E-state index contributed by atoms with van der Waals surface area (Å²) in [5.74, 6) is -0.486. The van der Waals surface area contributed by atoms with Crippen molar-refractivity contribution in [1.29, 1.82) is 0 Å². The standard InChI is InChI=1S/C27H36ClN3O3S/c1-22-18-19-24(20-26(22)28)31(35(33,34)25-16-12-9-13-17-25)21-27(32)30-29-23-14-10-7-5-3-2-4-6-8-11-15-23/h9,12-13,16-20H,2-8,10-11,14-15,21H2,1H3,(H,30,32). The molecule has 2 aromatic carbocycles. The quantitative estimate of drug-likeness (QED) is 0.437. The van der Waals surface area contributed by atoms with Crippen molar-refractivity contribution in [2.45, 2.75) is 82.4 Å². The van der Waals surface area contributed by atoms with Gasteiger partial charge in [-0.2, -0.15) is 5.10 Å². The van der Waals surface area contributed by atoms with Crippen LogP contribution < -0.4 is 9.73 Å². The van der Waals surface area contributed by atoms with Crippen LogP contribution in [0.1, 0.15) is 76.2 Å². The summed E-state index contributed by atoms with van der Waals surface area (Å²) in [6, 6.07) is 13.1. The van der Waals surface area contributed by atoms with Gasteiger partial charge >= 0.3 is 0 Å². The van der Waals surface area contributed by atoms with Crippen LogP contribution in [0.25, 0.3) is 0 Å². The fraction of sp³-hybridized carbons (Fsp3) is 0.481. The molecule has 1 aliphatic rings. The van der Waals surface area contributed by atoms with E-state index in [9.17, 15) is 13.2 Å². The van der Waals surface area contributed by atoms with Crippen molar-refractivity contribution >= 4 is 38.9 Å². The summed E-state index contributed by atoms with van der Waals surface area (Å²) in [7, 11) is -3.98. The Kier molecular flexibility index (Phi) is 10.6. The third-order valence-corrected chi connectivity index (χ3v) is 8.53. The Bertz CT molecular complexity index is 1090. The lowest BCUT2D eigenvalue weighted by Crippen LogP contribution is -2.39. The number of nitrogens with one attached hydrogen (secondary N) is 1. The fourth-order valence-electron chi connectivity index (χ4n) is 4.21. The monoisotopic (exact) mass is 517 g/mol. The zero-order chi connectivity index (χ0) is 25.1. The largest absolute Gasteiger partial charge is 0.271 e. The lowest BCUT2D eigenvalue weighted by Gasteiger charge is -2.24. The molecule has 0 unspecified atom stereocenters. The number of nitrogens with zero attached hydrogens (tertiary/aromatic N) is 2. The summed E-state index contributed by atoms with van der Waals surface area (Å²) in [6.07, 6.45) is 12.6. The minimum absolute atomic E-state index is 0.107. The van der Waals surface area contributed by atoms with E-state index in [4.69, 9.17) is 11.6 Å². The number of halogens is 1. The molecule has 2 aromatic rings. The Labute approximate surface area is 214 Å². The van der Waals surface area contributed by atoms with Crippen molar-refractivity contribution in [3.05, 3.63) is 59.1 Å². The number of benzene rings is 2. The lowest BCUT2D eigenvalue weighted by atomic mass is 10.00. The molecule has 1 amide bonds. The number of amides is 1. The highest BCUT2D eigenvalue weighted by Gasteiger charge is 2.27. The summed E-state index contributed by atoms with van der Waals surface area (Å²) in [5.41, 5.74) is 4.76.